The molecule has 0 amide bonds. The summed E-state index contributed by atoms with van der Waals surface area (Å²) in [6, 6.07) is 0. The van der Waals surface area contributed by atoms with Gasteiger partial charge in [-0.1, -0.05) is 27.7 Å². The summed E-state index contributed by atoms with van der Waals surface area (Å²) in [7, 11) is 0. The highest BCUT2D eigenvalue weighted by Crippen LogP contribution is 2.26. The lowest BCUT2D eigenvalue weighted by Crippen LogP contribution is -2.39. The molecule has 0 saturated carbocycles. The second-order valence-electron chi connectivity index (χ2n) is 6.58. The van der Waals surface area contributed by atoms with Crippen molar-refractivity contribution in [3.63, 3.8) is 0 Å². The second-order valence-corrected chi connectivity index (χ2v) is 6.58. The third-order valence-corrected chi connectivity index (χ3v) is 4.01. The fourth-order valence-corrected chi connectivity index (χ4v) is 2.68. The largest absolute Gasteiger partial charge is 0.330 e. The summed E-state index contributed by atoms with van der Waals surface area (Å²) in [6.45, 7) is 13.8. The molecule has 1 rings (SSSR count). The van der Waals surface area contributed by atoms with Crippen LogP contribution in [0.15, 0.2) is 0 Å². The summed E-state index contributed by atoms with van der Waals surface area (Å²) in [5, 5.41) is 0. The third-order valence-electron chi connectivity index (χ3n) is 4.01. The van der Waals surface area contributed by atoms with Crippen LogP contribution in [0.2, 0.25) is 0 Å². The normalized spacial score (nSPS) is 24.8. The predicted molar refractivity (Wildman–Crippen MR) is 71.5 cm³/mol. The Labute approximate surface area is 102 Å². The molecule has 2 N–H and O–H groups in total. The first-order valence-electron chi connectivity index (χ1n) is 6.87. The monoisotopic (exact) mass is 226 g/mol. The average molecular weight is 226 g/mol. The van der Waals surface area contributed by atoms with Gasteiger partial charge in [0.15, 0.2) is 0 Å². The summed E-state index contributed by atoms with van der Waals surface area (Å²) < 4.78 is 0. The van der Waals surface area contributed by atoms with Crippen molar-refractivity contribution in [2.45, 2.75) is 47.0 Å². The molecule has 1 atom stereocenters. The Morgan fingerprint density at radius 3 is 2.50 bits per heavy atom. The standard InChI is InChI=1S/C14H30N2/c1-12(2)13-6-5-8-16(9-7-13)11-14(3,4)10-15/h12-13H,5-11,15H2,1-4H3. The van der Waals surface area contributed by atoms with Crippen molar-refractivity contribution in [2.24, 2.45) is 23.0 Å². The van der Waals surface area contributed by atoms with Crippen LogP contribution >= 0.6 is 0 Å². The van der Waals surface area contributed by atoms with Gasteiger partial charge in [-0.15, -0.1) is 0 Å². The SMILES string of the molecule is CC(C)C1CCCN(CC(C)(C)CN)CC1. The van der Waals surface area contributed by atoms with Crippen molar-refractivity contribution >= 4 is 0 Å². The van der Waals surface area contributed by atoms with Crippen molar-refractivity contribution in [3.05, 3.63) is 0 Å². The molecule has 0 aromatic rings. The number of nitrogens with two attached hydrogens (primary N) is 1. The van der Waals surface area contributed by atoms with Crippen LogP contribution in [0, 0.1) is 17.3 Å². The number of hydrogen-bond acceptors (Lipinski definition) is 2. The maximum absolute atomic E-state index is 5.81. The maximum Gasteiger partial charge on any atom is 0.00447 e. The molecule has 0 spiro atoms. The molecule has 0 aliphatic carbocycles. The van der Waals surface area contributed by atoms with Crippen LogP contribution < -0.4 is 5.73 Å². The van der Waals surface area contributed by atoms with E-state index in [4.69, 9.17) is 5.73 Å². The predicted octanol–water partition coefficient (Wildman–Crippen LogP) is 2.73. The summed E-state index contributed by atoms with van der Waals surface area (Å²) in [4.78, 5) is 2.62. The Balaban J connectivity index is 2.41. The zero-order valence-corrected chi connectivity index (χ0v) is 11.6. The van der Waals surface area contributed by atoms with Crippen molar-refractivity contribution in [3.8, 4) is 0 Å². The van der Waals surface area contributed by atoms with Crippen LogP contribution in [0.25, 0.3) is 0 Å². The lowest BCUT2D eigenvalue weighted by atomic mass is 9.89. The Hall–Kier alpha value is -0.0800. The fourth-order valence-electron chi connectivity index (χ4n) is 2.68. The minimum absolute atomic E-state index is 0.275. The molecule has 1 aliphatic heterocycles. The minimum atomic E-state index is 0.275. The van der Waals surface area contributed by atoms with Gasteiger partial charge in [0.2, 0.25) is 0 Å². The molecule has 2 heteroatoms. The van der Waals surface area contributed by atoms with Crippen LogP contribution in [0.1, 0.15) is 47.0 Å². The van der Waals surface area contributed by atoms with E-state index in [-0.39, 0.29) is 5.41 Å². The number of likely N-dealkylation sites (tertiary alicyclic amines) is 1. The number of rotatable bonds is 4. The Bertz CT molecular complexity index is 199. The summed E-state index contributed by atoms with van der Waals surface area (Å²) in [5.41, 5.74) is 6.09. The van der Waals surface area contributed by atoms with Crippen molar-refractivity contribution in [1.82, 2.24) is 4.90 Å². The highest BCUT2D eigenvalue weighted by molar-refractivity contribution is 4.78. The van der Waals surface area contributed by atoms with E-state index >= 15 is 0 Å². The molecule has 0 aromatic carbocycles. The maximum atomic E-state index is 5.81. The molecule has 0 aromatic heterocycles. The van der Waals surface area contributed by atoms with Crippen LogP contribution in [0.5, 0.6) is 0 Å². The first-order chi connectivity index (χ1) is 7.44. The van der Waals surface area contributed by atoms with Crippen LogP contribution in [0.4, 0.5) is 0 Å². The van der Waals surface area contributed by atoms with Gasteiger partial charge >= 0.3 is 0 Å². The molecular weight excluding hydrogens is 196 g/mol. The number of hydrogen-bond donors (Lipinski definition) is 1. The van der Waals surface area contributed by atoms with E-state index in [9.17, 15) is 0 Å². The van der Waals surface area contributed by atoms with E-state index in [1.807, 2.05) is 0 Å². The topological polar surface area (TPSA) is 29.3 Å². The van der Waals surface area contributed by atoms with Crippen LogP contribution in [-0.2, 0) is 0 Å². The first kappa shape index (κ1) is 14.0. The summed E-state index contributed by atoms with van der Waals surface area (Å²) >= 11 is 0. The molecule has 2 nitrogen and oxygen atoms in total. The van der Waals surface area contributed by atoms with Crippen LogP contribution in [-0.4, -0.2) is 31.1 Å². The molecule has 1 heterocycles. The van der Waals surface area contributed by atoms with Gasteiger partial charge < -0.3 is 10.6 Å². The van der Waals surface area contributed by atoms with Gasteiger partial charge in [0, 0.05) is 6.54 Å². The molecule has 0 radical (unpaired) electrons. The second kappa shape index (κ2) is 6.02. The Kier molecular flexibility index (Phi) is 5.26. The third kappa shape index (κ3) is 4.42. The molecule has 1 saturated heterocycles. The van der Waals surface area contributed by atoms with Crippen molar-refractivity contribution < 1.29 is 0 Å². The summed E-state index contributed by atoms with van der Waals surface area (Å²) in [5.74, 6) is 1.79. The van der Waals surface area contributed by atoms with Gasteiger partial charge in [0.1, 0.15) is 0 Å². The van der Waals surface area contributed by atoms with Crippen molar-refractivity contribution in [2.75, 3.05) is 26.2 Å². The number of nitrogens with zero attached hydrogens (tertiary/aromatic N) is 1. The van der Waals surface area contributed by atoms with Gasteiger partial charge in [0.25, 0.3) is 0 Å². The molecule has 1 aliphatic rings. The van der Waals surface area contributed by atoms with E-state index in [0.717, 1.165) is 24.9 Å². The van der Waals surface area contributed by atoms with Crippen LogP contribution in [0.3, 0.4) is 0 Å². The Morgan fingerprint density at radius 2 is 1.94 bits per heavy atom. The lowest BCUT2D eigenvalue weighted by Gasteiger charge is -2.31. The van der Waals surface area contributed by atoms with E-state index in [2.05, 4.69) is 32.6 Å². The Morgan fingerprint density at radius 1 is 1.25 bits per heavy atom. The molecule has 1 fully saturated rings. The van der Waals surface area contributed by atoms with Crippen molar-refractivity contribution in [1.29, 1.82) is 0 Å². The van der Waals surface area contributed by atoms with Gasteiger partial charge in [-0.25, -0.2) is 0 Å². The zero-order valence-electron chi connectivity index (χ0n) is 11.6. The fraction of sp³-hybridized carbons (Fsp3) is 1.00. The van der Waals surface area contributed by atoms with Gasteiger partial charge in [-0.05, 0) is 56.1 Å². The molecule has 1 unspecified atom stereocenters. The highest BCUT2D eigenvalue weighted by Gasteiger charge is 2.24. The van der Waals surface area contributed by atoms with E-state index < -0.39 is 0 Å². The van der Waals surface area contributed by atoms with Gasteiger partial charge in [-0.3, -0.25) is 0 Å². The summed E-state index contributed by atoms with van der Waals surface area (Å²) in [6.07, 6.45) is 4.15. The highest BCUT2D eigenvalue weighted by atomic mass is 15.1. The van der Waals surface area contributed by atoms with Gasteiger partial charge in [0.05, 0.1) is 0 Å². The molecule has 16 heavy (non-hydrogen) atoms. The first-order valence-corrected chi connectivity index (χ1v) is 6.87. The van der Waals surface area contributed by atoms with Gasteiger partial charge in [-0.2, -0.15) is 0 Å². The minimum Gasteiger partial charge on any atom is -0.330 e. The average Bonchev–Trinajstić information content (AvgIpc) is 2.43. The molecular formula is C14H30N2. The zero-order chi connectivity index (χ0) is 12.2. The quantitative estimate of drug-likeness (QED) is 0.798. The van der Waals surface area contributed by atoms with E-state index in [0.29, 0.717) is 0 Å². The smallest absolute Gasteiger partial charge is 0.00447 e. The molecule has 0 bridgehead atoms. The lowest BCUT2D eigenvalue weighted by molar-refractivity contribution is 0.184. The van der Waals surface area contributed by atoms with E-state index in [1.165, 1.54) is 32.4 Å². The molecule has 96 valence electrons. The van der Waals surface area contributed by atoms with E-state index in [1.54, 1.807) is 0 Å².